The summed E-state index contributed by atoms with van der Waals surface area (Å²) in [7, 11) is -1.74. The molecule has 0 radical (unpaired) electrons. The summed E-state index contributed by atoms with van der Waals surface area (Å²) in [6.45, 7) is 8.72. The fraction of sp³-hybridized carbons (Fsp3) is 0.500. The van der Waals surface area contributed by atoms with Gasteiger partial charge in [0, 0.05) is 11.4 Å². The highest BCUT2D eigenvalue weighted by molar-refractivity contribution is 9.08. The van der Waals surface area contributed by atoms with Crippen LogP contribution < -0.4 is 5.19 Å². The molecule has 0 unspecified atom stereocenters. The van der Waals surface area contributed by atoms with Crippen molar-refractivity contribution in [2.75, 3.05) is 0 Å². The molecule has 0 heterocycles. The third-order valence-electron chi connectivity index (χ3n) is 2.34. The molecule has 84 valence electrons. The molecule has 0 atom stereocenters. The van der Waals surface area contributed by atoms with Crippen molar-refractivity contribution >= 4 is 29.4 Å². The predicted molar refractivity (Wildman–Crippen MR) is 72.4 cm³/mol. The topological polar surface area (TPSA) is 9.23 Å². The maximum atomic E-state index is 6.08. The van der Waals surface area contributed by atoms with Crippen molar-refractivity contribution in [3.8, 4) is 0 Å². The van der Waals surface area contributed by atoms with Gasteiger partial charge in [0.25, 0.3) is 0 Å². The number of halogens is 1. The Morgan fingerprint density at radius 2 is 1.87 bits per heavy atom. The highest BCUT2D eigenvalue weighted by Gasteiger charge is 2.28. The Labute approximate surface area is 102 Å². The lowest BCUT2D eigenvalue weighted by Gasteiger charge is -2.27. The number of rotatable bonds is 4. The van der Waals surface area contributed by atoms with Crippen LogP contribution in [0, 0.1) is 0 Å². The van der Waals surface area contributed by atoms with Gasteiger partial charge < -0.3 is 4.43 Å². The van der Waals surface area contributed by atoms with Gasteiger partial charge in [0.1, 0.15) is 0 Å². The molecular formula is C12H19BrOSi. The highest BCUT2D eigenvalue weighted by atomic mass is 79.9. The van der Waals surface area contributed by atoms with Crippen LogP contribution in [-0.2, 0) is 9.76 Å². The van der Waals surface area contributed by atoms with Crippen LogP contribution >= 0.6 is 15.9 Å². The van der Waals surface area contributed by atoms with Gasteiger partial charge in [0.2, 0.25) is 8.32 Å². The fourth-order valence-electron chi connectivity index (χ4n) is 1.88. The zero-order valence-electron chi connectivity index (χ0n) is 9.88. The Bertz CT molecular complexity index is 323. The molecule has 0 aromatic heterocycles. The summed E-state index contributed by atoms with van der Waals surface area (Å²) in [6, 6.07) is 8.55. The van der Waals surface area contributed by atoms with Crippen molar-refractivity contribution in [2.24, 2.45) is 0 Å². The second-order valence-electron chi connectivity index (χ2n) is 4.47. The van der Waals surface area contributed by atoms with Crippen molar-refractivity contribution in [1.82, 2.24) is 0 Å². The van der Waals surface area contributed by atoms with Crippen LogP contribution in [0.15, 0.2) is 24.3 Å². The van der Waals surface area contributed by atoms with Crippen LogP contribution in [0.5, 0.6) is 0 Å². The molecule has 0 fully saturated rings. The van der Waals surface area contributed by atoms with E-state index in [-0.39, 0.29) is 0 Å². The van der Waals surface area contributed by atoms with Crippen LogP contribution in [0.2, 0.25) is 13.1 Å². The van der Waals surface area contributed by atoms with Crippen LogP contribution in [0.3, 0.4) is 0 Å². The summed E-state index contributed by atoms with van der Waals surface area (Å²) in [5, 5.41) is 2.30. The van der Waals surface area contributed by atoms with Crippen LogP contribution in [0.4, 0.5) is 0 Å². The molecule has 1 nitrogen and oxygen atoms in total. The molecule has 0 N–H and O–H groups in total. The minimum absolute atomic E-state index is 0.301. The molecule has 0 aliphatic rings. The van der Waals surface area contributed by atoms with E-state index in [4.69, 9.17) is 4.43 Å². The van der Waals surface area contributed by atoms with Crippen molar-refractivity contribution in [1.29, 1.82) is 0 Å². The third-order valence-corrected chi connectivity index (χ3v) is 5.79. The highest BCUT2D eigenvalue weighted by Crippen LogP contribution is 2.13. The molecule has 0 amide bonds. The van der Waals surface area contributed by atoms with E-state index in [0.717, 1.165) is 5.33 Å². The van der Waals surface area contributed by atoms with Crippen molar-refractivity contribution in [3.63, 3.8) is 0 Å². The number of hydrogen-bond donors (Lipinski definition) is 0. The lowest BCUT2D eigenvalue weighted by Crippen LogP contribution is -2.48. The van der Waals surface area contributed by atoms with Gasteiger partial charge in [-0.3, -0.25) is 0 Å². The van der Waals surface area contributed by atoms with E-state index in [1.807, 2.05) is 0 Å². The van der Waals surface area contributed by atoms with E-state index < -0.39 is 8.32 Å². The molecule has 0 spiro atoms. The first-order chi connectivity index (χ1) is 6.97. The largest absolute Gasteiger partial charge is 0.411 e. The number of alkyl halides is 1. The van der Waals surface area contributed by atoms with E-state index in [2.05, 4.69) is 67.1 Å². The fourth-order valence-corrected chi connectivity index (χ4v) is 5.37. The number of hydrogen-bond acceptors (Lipinski definition) is 1. The number of benzene rings is 1. The van der Waals surface area contributed by atoms with E-state index in [1.165, 1.54) is 10.8 Å². The Kier molecular flexibility index (Phi) is 4.56. The lowest BCUT2D eigenvalue weighted by molar-refractivity contribution is 0.238. The minimum Gasteiger partial charge on any atom is -0.411 e. The first kappa shape index (κ1) is 12.9. The van der Waals surface area contributed by atoms with Gasteiger partial charge in [0.05, 0.1) is 0 Å². The molecule has 0 aliphatic heterocycles. The second kappa shape index (κ2) is 5.28. The van der Waals surface area contributed by atoms with Gasteiger partial charge in [-0.1, -0.05) is 40.2 Å². The molecule has 1 aromatic carbocycles. The molecule has 3 heteroatoms. The van der Waals surface area contributed by atoms with Crippen LogP contribution in [0.1, 0.15) is 19.4 Å². The Morgan fingerprint density at radius 3 is 2.40 bits per heavy atom. The van der Waals surface area contributed by atoms with Crippen molar-refractivity contribution in [3.05, 3.63) is 29.8 Å². The van der Waals surface area contributed by atoms with Gasteiger partial charge in [-0.05, 0) is 37.7 Å². The van der Waals surface area contributed by atoms with Gasteiger partial charge in [-0.2, -0.15) is 0 Å². The molecule has 0 saturated heterocycles. The molecule has 0 aliphatic carbocycles. The third kappa shape index (κ3) is 3.43. The first-order valence-corrected chi connectivity index (χ1v) is 9.32. The standard InChI is InChI=1S/C12H19BrOSi/c1-10(2)14-15(3,4)12-8-6-5-7-11(12)9-13/h5-8,10H,9H2,1-4H3. The normalized spacial score (nSPS) is 12.1. The maximum Gasteiger partial charge on any atom is 0.218 e. The van der Waals surface area contributed by atoms with Gasteiger partial charge in [-0.15, -0.1) is 0 Å². The van der Waals surface area contributed by atoms with Crippen LogP contribution in [-0.4, -0.2) is 14.4 Å². The Balaban J connectivity index is 3.02. The van der Waals surface area contributed by atoms with Crippen LogP contribution in [0.25, 0.3) is 0 Å². The molecule has 15 heavy (non-hydrogen) atoms. The summed E-state index contributed by atoms with van der Waals surface area (Å²) >= 11 is 3.53. The zero-order valence-corrected chi connectivity index (χ0v) is 12.5. The lowest BCUT2D eigenvalue weighted by atomic mass is 10.2. The van der Waals surface area contributed by atoms with Crippen molar-refractivity contribution < 1.29 is 4.43 Å². The Morgan fingerprint density at radius 1 is 1.27 bits per heavy atom. The monoisotopic (exact) mass is 286 g/mol. The summed E-state index contributed by atoms with van der Waals surface area (Å²) in [5.74, 6) is 0. The molecule has 1 rings (SSSR count). The quantitative estimate of drug-likeness (QED) is 0.609. The van der Waals surface area contributed by atoms with Gasteiger partial charge in [0.15, 0.2) is 0 Å². The predicted octanol–water partition coefficient (Wildman–Crippen LogP) is 3.42. The Hall–Kier alpha value is -0.123. The summed E-state index contributed by atoms with van der Waals surface area (Å²) < 4.78 is 6.08. The van der Waals surface area contributed by atoms with Gasteiger partial charge in [-0.25, -0.2) is 0 Å². The summed E-state index contributed by atoms with van der Waals surface area (Å²) in [5.41, 5.74) is 1.36. The molecular weight excluding hydrogens is 268 g/mol. The molecule has 0 saturated carbocycles. The smallest absolute Gasteiger partial charge is 0.218 e. The van der Waals surface area contributed by atoms with E-state index in [1.54, 1.807) is 0 Å². The molecule has 1 aromatic rings. The average Bonchev–Trinajstić information content (AvgIpc) is 2.16. The summed E-state index contributed by atoms with van der Waals surface area (Å²) in [6.07, 6.45) is 0.301. The van der Waals surface area contributed by atoms with Gasteiger partial charge >= 0.3 is 0 Å². The minimum atomic E-state index is -1.74. The SMILES string of the molecule is CC(C)O[Si](C)(C)c1ccccc1CBr. The molecule has 0 bridgehead atoms. The maximum absolute atomic E-state index is 6.08. The first-order valence-electron chi connectivity index (χ1n) is 5.29. The second-order valence-corrected chi connectivity index (χ2v) is 8.82. The van der Waals surface area contributed by atoms with Crippen molar-refractivity contribution in [2.45, 2.75) is 38.4 Å². The average molecular weight is 287 g/mol. The van der Waals surface area contributed by atoms with E-state index in [0.29, 0.717) is 6.10 Å². The zero-order chi connectivity index (χ0) is 11.5. The van der Waals surface area contributed by atoms with E-state index in [9.17, 15) is 0 Å². The van der Waals surface area contributed by atoms with E-state index >= 15 is 0 Å². The summed E-state index contributed by atoms with van der Waals surface area (Å²) in [4.78, 5) is 0.